The molecule has 0 radical (unpaired) electrons. The second kappa shape index (κ2) is 4.73. The van der Waals surface area contributed by atoms with E-state index in [2.05, 4.69) is 4.90 Å². The van der Waals surface area contributed by atoms with Gasteiger partial charge in [-0.2, -0.15) is 0 Å². The van der Waals surface area contributed by atoms with Crippen molar-refractivity contribution in [2.75, 3.05) is 34.2 Å². The van der Waals surface area contributed by atoms with Crippen molar-refractivity contribution in [3.8, 4) is 0 Å². The van der Waals surface area contributed by atoms with Gasteiger partial charge < -0.3 is 15.2 Å². The standard InChI is InChI=1S/C6H15N2O/c1-7(2)5-4-6-8(3)9/h4-6H2,1-3H3/q-1. The second-order valence-electron chi connectivity index (χ2n) is 2.51. The maximum Gasteiger partial charge on any atom is -0.00130 e. The van der Waals surface area contributed by atoms with Crippen molar-refractivity contribution < 1.29 is 0 Å². The van der Waals surface area contributed by atoms with E-state index in [9.17, 15) is 5.21 Å². The Morgan fingerprint density at radius 1 is 1.11 bits per heavy atom. The molecular formula is C6H15N2O-. The lowest BCUT2D eigenvalue weighted by molar-refractivity contribution is 0.358. The molecule has 0 heterocycles. The zero-order chi connectivity index (χ0) is 7.28. The first kappa shape index (κ1) is 8.88. The van der Waals surface area contributed by atoms with Gasteiger partial charge in [-0.3, -0.25) is 0 Å². The zero-order valence-corrected chi connectivity index (χ0v) is 6.42. The number of hydroxylamine groups is 2. The smallest absolute Gasteiger partial charge is 0.00130 e. The van der Waals surface area contributed by atoms with Gasteiger partial charge in [-0.25, -0.2) is 0 Å². The zero-order valence-electron chi connectivity index (χ0n) is 6.42. The molecule has 0 saturated heterocycles. The third-order valence-electron chi connectivity index (χ3n) is 1.08. The lowest BCUT2D eigenvalue weighted by Crippen LogP contribution is -2.19. The predicted molar refractivity (Wildman–Crippen MR) is 39.2 cm³/mol. The van der Waals surface area contributed by atoms with Crippen LogP contribution < -0.4 is 0 Å². The molecule has 0 bridgehead atoms. The average molecular weight is 131 g/mol. The molecule has 0 aromatic heterocycles. The number of nitrogens with zero attached hydrogens (tertiary/aromatic N) is 2. The van der Waals surface area contributed by atoms with Crippen LogP contribution >= 0.6 is 0 Å². The van der Waals surface area contributed by atoms with E-state index in [0.29, 0.717) is 6.54 Å². The van der Waals surface area contributed by atoms with Gasteiger partial charge in [0.05, 0.1) is 0 Å². The maximum absolute atomic E-state index is 10.3. The molecule has 56 valence electrons. The molecule has 0 rings (SSSR count). The molecule has 3 heteroatoms. The van der Waals surface area contributed by atoms with Gasteiger partial charge in [0.25, 0.3) is 0 Å². The molecule has 0 aromatic rings. The van der Waals surface area contributed by atoms with E-state index in [1.165, 1.54) is 0 Å². The van der Waals surface area contributed by atoms with Gasteiger partial charge in [-0.1, -0.05) is 0 Å². The van der Waals surface area contributed by atoms with Crippen LogP contribution in [0, 0.1) is 5.21 Å². The highest BCUT2D eigenvalue weighted by Crippen LogP contribution is 1.85. The maximum atomic E-state index is 10.3. The molecule has 3 nitrogen and oxygen atoms in total. The fourth-order valence-corrected chi connectivity index (χ4v) is 0.610. The highest BCUT2D eigenvalue weighted by molar-refractivity contribution is 4.51. The number of hydrogen-bond acceptors (Lipinski definition) is 3. The summed E-state index contributed by atoms with van der Waals surface area (Å²) in [6.45, 7) is 1.63. The molecule has 0 amide bonds. The van der Waals surface area contributed by atoms with E-state index >= 15 is 0 Å². The predicted octanol–water partition coefficient (Wildman–Crippen LogP) is 0.368. The quantitative estimate of drug-likeness (QED) is 0.516. The molecule has 0 aliphatic rings. The average Bonchev–Trinajstić information content (AvgIpc) is 1.63. The fourth-order valence-electron chi connectivity index (χ4n) is 0.610. The van der Waals surface area contributed by atoms with Gasteiger partial charge >= 0.3 is 0 Å². The van der Waals surface area contributed by atoms with E-state index in [1.54, 1.807) is 7.05 Å². The van der Waals surface area contributed by atoms with Crippen LogP contribution in [-0.4, -0.2) is 44.2 Å². The van der Waals surface area contributed by atoms with E-state index in [4.69, 9.17) is 0 Å². The van der Waals surface area contributed by atoms with Crippen molar-refractivity contribution in [2.45, 2.75) is 6.42 Å². The number of hydrogen-bond donors (Lipinski definition) is 0. The van der Waals surface area contributed by atoms with Crippen molar-refractivity contribution in [1.82, 2.24) is 9.96 Å². The molecule has 0 spiro atoms. The molecule has 0 aliphatic heterocycles. The van der Waals surface area contributed by atoms with Crippen LogP contribution in [0.2, 0.25) is 0 Å². The van der Waals surface area contributed by atoms with E-state index in [0.717, 1.165) is 18.0 Å². The van der Waals surface area contributed by atoms with Crippen molar-refractivity contribution in [3.05, 3.63) is 5.21 Å². The highest BCUT2D eigenvalue weighted by Gasteiger charge is 1.87. The van der Waals surface area contributed by atoms with Crippen molar-refractivity contribution >= 4 is 0 Å². The minimum atomic E-state index is 0.637. The summed E-state index contributed by atoms with van der Waals surface area (Å²) in [7, 11) is 5.56. The minimum Gasteiger partial charge on any atom is -0.785 e. The molecule has 0 aromatic carbocycles. The Kier molecular flexibility index (Phi) is 4.67. The molecule has 9 heavy (non-hydrogen) atoms. The Morgan fingerprint density at radius 3 is 2.00 bits per heavy atom. The van der Waals surface area contributed by atoms with Gasteiger partial charge in [-0.15, -0.1) is 0 Å². The van der Waals surface area contributed by atoms with Crippen LogP contribution in [0.25, 0.3) is 0 Å². The van der Waals surface area contributed by atoms with Crippen molar-refractivity contribution in [3.63, 3.8) is 0 Å². The van der Waals surface area contributed by atoms with Crippen molar-refractivity contribution in [1.29, 1.82) is 0 Å². The van der Waals surface area contributed by atoms with Gasteiger partial charge in [-0.05, 0) is 40.7 Å². The molecule has 0 unspecified atom stereocenters. The normalized spacial score (nSPS) is 11.3. The summed E-state index contributed by atoms with van der Waals surface area (Å²) in [6, 6.07) is 0. The Bertz CT molecular complexity index is 56.1. The molecule has 0 N–H and O–H groups in total. The second-order valence-corrected chi connectivity index (χ2v) is 2.51. The Hall–Kier alpha value is -0.120. The van der Waals surface area contributed by atoms with Crippen LogP contribution in [0.1, 0.15) is 6.42 Å². The molecular weight excluding hydrogens is 116 g/mol. The SMILES string of the molecule is CN(C)CCCN(C)[O-]. The van der Waals surface area contributed by atoms with Crippen LogP contribution in [0.5, 0.6) is 0 Å². The minimum absolute atomic E-state index is 0.637. The van der Waals surface area contributed by atoms with Crippen molar-refractivity contribution in [2.24, 2.45) is 0 Å². The Morgan fingerprint density at radius 2 is 1.67 bits per heavy atom. The van der Waals surface area contributed by atoms with Gasteiger partial charge in [0, 0.05) is 0 Å². The van der Waals surface area contributed by atoms with E-state index < -0.39 is 0 Å². The van der Waals surface area contributed by atoms with Crippen LogP contribution in [0.4, 0.5) is 0 Å². The van der Waals surface area contributed by atoms with Gasteiger partial charge in [0.15, 0.2) is 0 Å². The first-order chi connectivity index (χ1) is 4.13. The van der Waals surface area contributed by atoms with Gasteiger partial charge in [0.2, 0.25) is 0 Å². The summed E-state index contributed by atoms with van der Waals surface area (Å²) >= 11 is 0. The lowest BCUT2D eigenvalue weighted by atomic mass is 10.4. The Balaban J connectivity index is 2.91. The molecule has 0 saturated carbocycles. The monoisotopic (exact) mass is 131 g/mol. The fraction of sp³-hybridized carbons (Fsp3) is 1.00. The largest absolute Gasteiger partial charge is 0.785 e. The Labute approximate surface area is 56.8 Å². The summed E-state index contributed by atoms with van der Waals surface area (Å²) < 4.78 is 0. The topological polar surface area (TPSA) is 29.5 Å². The third kappa shape index (κ3) is 7.88. The summed E-state index contributed by atoms with van der Waals surface area (Å²) in [6.07, 6.45) is 0.951. The summed E-state index contributed by atoms with van der Waals surface area (Å²) in [5.74, 6) is 0. The summed E-state index contributed by atoms with van der Waals surface area (Å²) in [5.41, 5.74) is 0. The van der Waals surface area contributed by atoms with Gasteiger partial charge in [0.1, 0.15) is 0 Å². The highest BCUT2D eigenvalue weighted by atomic mass is 16.5. The summed E-state index contributed by atoms with van der Waals surface area (Å²) in [5, 5.41) is 11.3. The first-order valence-corrected chi connectivity index (χ1v) is 3.16. The molecule has 0 aliphatic carbocycles. The van der Waals surface area contributed by atoms with E-state index in [1.807, 2.05) is 14.1 Å². The molecule has 0 fully saturated rings. The first-order valence-electron chi connectivity index (χ1n) is 3.16. The third-order valence-corrected chi connectivity index (χ3v) is 1.08. The summed E-state index contributed by atoms with van der Waals surface area (Å²) in [4.78, 5) is 2.07. The number of rotatable bonds is 4. The van der Waals surface area contributed by atoms with Crippen LogP contribution in [-0.2, 0) is 0 Å². The lowest BCUT2D eigenvalue weighted by Gasteiger charge is -2.22. The van der Waals surface area contributed by atoms with Crippen LogP contribution in [0.15, 0.2) is 0 Å². The van der Waals surface area contributed by atoms with E-state index in [-0.39, 0.29) is 0 Å². The van der Waals surface area contributed by atoms with Crippen LogP contribution in [0.3, 0.4) is 0 Å². The molecule has 0 atom stereocenters.